The molecule has 0 atom stereocenters. The first kappa shape index (κ1) is 84.5. The summed E-state index contributed by atoms with van der Waals surface area (Å²) < 4.78 is 0. The maximum absolute atomic E-state index is 4.80. The van der Waals surface area contributed by atoms with Crippen molar-refractivity contribution in [3.8, 4) is 0 Å². The molecule has 0 spiro atoms. The van der Waals surface area contributed by atoms with Gasteiger partial charge in [-0.15, -0.1) is 5.40 Å². The molecule has 0 amide bonds. The zero-order valence-electron chi connectivity index (χ0n) is 56.7. The largest absolute Gasteiger partial charge is 0.293 e. The van der Waals surface area contributed by atoms with Gasteiger partial charge < -0.3 is 6.92 Å². The van der Waals surface area contributed by atoms with Gasteiger partial charge in [-0.05, 0) is 113 Å². The molecular formula is C89H80Cl6Ni3P6+2. The average Bonchev–Trinajstić information content (AvgIpc) is 0.795. The summed E-state index contributed by atoms with van der Waals surface area (Å²) in [7, 11) is 24.5. The first-order valence-corrected chi connectivity index (χ1v) is 50.1. The van der Waals surface area contributed by atoms with Gasteiger partial charge in [-0.3, -0.25) is 6.16 Å². The van der Waals surface area contributed by atoms with Crippen LogP contribution in [-0.2, 0) is 38.0 Å². The molecule has 104 heavy (non-hydrogen) atoms. The summed E-state index contributed by atoms with van der Waals surface area (Å²) in [4.78, 5) is 0. The van der Waals surface area contributed by atoms with Gasteiger partial charge in [0, 0.05) is 0 Å². The molecule has 14 rings (SSSR count). The fourth-order valence-electron chi connectivity index (χ4n) is 11.6. The molecule has 0 saturated carbocycles. The second-order valence-electron chi connectivity index (χ2n) is 22.5. The molecule has 536 valence electrons. The Morgan fingerprint density at radius 3 is 0.606 bits per heavy atom. The Morgan fingerprint density at radius 2 is 0.423 bits per heavy atom. The van der Waals surface area contributed by atoms with Gasteiger partial charge in [0.15, 0.2) is 0 Å². The topological polar surface area (TPSA) is 0 Å². The van der Waals surface area contributed by atoms with Gasteiger partial charge >= 0.3 is 99.1 Å². The summed E-state index contributed by atoms with van der Waals surface area (Å²) in [5.41, 5.74) is 0. The molecular weight excluding hydrogens is 1640 g/mol. The van der Waals surface area contributed by atoms with Gasteiger partial charge in [0.1, 0.15) is 31.8 Å². The fraction of sp³-hybridized carbons (Fsp3) is 0.0337. The Balaban J connectivity index is 0.000000171. The van der Waals surface area contributed by atoms with Gasteiger partial charge in [-0.2, -0.15) is 6.42 Å². The molecule has 0 radical (unpaired) electrons. The number of hydrogen-bond acceptors (Lipinski definition) is 0. The van der Waals surface area contributed by atoms with Crippen LogP contribution in [0.1, 0.15) is 6.42 Å². The Morgan fingerprint density at radius 1 is 0.269 bits per heavy atom. The van der Waals surface area contributed by atoms with Crippen LogP contribution >= 0.6 is 109 Å². The second-order valence-corrected chi connectivity index (χ2v) is 42.0. The summed E-state index contributed by atoms with van der Waals surface area (Å²) in [6, 6.07) is 153. The molecule has 0 nitrogen and oxygen atoms in total. The van der Waals surface area contributed by atoms with Crippen LogP contribution in [0, 0.1) is 13.1 Å². The Labute approximate surface area is 669 Å². The quantitative estimate of drug-likeness (QED) is 0.0405. The van der Waals surface area contributed by atoms with Crippen molar-refractivity contribution in [3.63, 3.8) is 0 Å². The third-order valence-electron chi connectivity index (χ3n) is 16.0. The zero-order chi connectivity index (χ0) is 72.9. The van der Waals surface area contributed by atoms with E-state index in [1.807, 2.05) is 0 Å². The molecule has 0 bridgehead atoms. The van der Waals surface area contributed by atoms with Crippen LogP contribution in [0.2, 0.25) is 0 Å². The van der Waals surface area contributed by atoms with Gasteiger partial charge in [0.05, 0.1) is 15.8 Å². The molecule has 14 aromatic carbocycles. The first-order chi connectivity index (χ1) is 51.4. The van der Waals surface area contributed by atoms with Crippen molar-refractivity contribution < 1.29 is 38.0 Å². The second kappa shape index (κ2) is 51.3. The van der Waals surface area contributed by atoms with Gasteiger partial charge in [-0.1, -0.05) is 384 Å². The molecule has 0 saturated heterocycles. The van der Waals surface area contributed by atoms with Gasteiger partial charge in [0.2, 0.25) is 0 Å². The molecule has 0 aliphatic rings. The maximum atomic E-state index is 4.80. The van der Waals surface area contributed by atoms with Crippen molar-refractivity contribution in [3.05, 3.63) is 438 Å². The maximum Gasteiger partial charge on any atom is 0.102 e. The standard InChI is InChI=1S/C27H25P2.C26H23P2.2C18H15P.6ClH.3Ni/c1-5-14-24(15-6-1)28(25-16-7-2-8-17-25)22-13-23-29(26-18-9-3-10-19-26)27-20-11-4-12-21-27;1-22(27(23-14-6-2-7-15-23)24-16-8-3-9-17-24)28(25-18-10-4-11-19-25)26-20-12-5-13-21-26;2*1-4-10-16(11-5-1)19(17-12-6-2-7-13-17)18-14-8-3-9-15-18;;;;;;;;;/h1-12,14-22H,13,23H2;2-22H,1H2;2*1-15H;6*1H;;;/q2*-1;;;;;;;;;+2;2*+3/p-4. The SMILES string of the molecule is [CH2-]C(P(c1ccccc1)c1ccccc1)P(c1ccccc1)c1ccccc1.[Cl][Ni+][Cl].[Cl][Ni+][Cl].[Cl][Ni][Cl].c1ccc(P([CH-]CCP(c2ccccc2)c2ccccc2)c2ccccc2)cc1.c1ccc([PH+](c2ccccc2)c2ccccc2)cc1.c1ccc([PH+](c2ccccc2)c2ccccc2)cc1. The van der Waals surface area contributed by atoms with Crippen molar-refractivity contribution in [2.45, 2.75) is 11.8 Å². The molecule has 0 N–H and O–H groups in total. The molecule has 0 heterocycles. The average molecular weight is 1720 g/mol. The predicted molar refractivity (Wildman–Crippen MR) is 467 cm³/mol. The van der Waals surface area contributed by atoms with Crippen LogP contribution in [0.4, 0.5) is 0 Å². The summed E-state index contributed by atoms with van der Waals surface area (Å²) in [6.07, 6.45) is 4.87. The van der Waals surface area contributed by atoms with Gasteiger partial charge in [0.25, 0.3) is 0 Å². The monoisotopic (exact) mass is 1720 g/mol. The summed E-state index contributed by atoms with van der Waals surface area (Å²) in [5, 5.41) is 20.2. The van der Waals surface area contributed by atoms with Crippen LogP contribution in [0.5, 0.6) is 0 Å². The van der Waals surface area contributed by atoms with E-state index >= 15 is 0 Å². The molecule has 14 aromatic rings. The van der Waals surface area contributed by atoms with Crippen molar-refractivity contribution in [2.75, 3.05) is 6.16 Å². The van der Waals surface area contributed by atoms with E-state index in [1.54, 1.807) is 0 Å². The van der Waals surface area contributed by atoms with E-state index in [-0.39, 0.29) is 13.3 Å². The van der Waals surface area contributed by atoms with E-state index in [1.165, 1.54) is 80.4 Å². The van der Waals surface area contributed by atoms with Crippen molar-refractivity contribution in [1.29, 1.82) is 0 Å². The minimum atomic E-state index is -0.877. The third-order valence-corrected chi connectivity index (χ3v) is 32.3. The Bertz CT molecular complexity index is 3780. The molecule has 0 aromatic heterocycles. The van der Waals surface area contributed by atoms with E-state index in [0.717, 1.165) is 6.42 Å². The van der Waals surface area contributed by atoms with Gasteiger partial charge in [-0.25, -0.2) is 7.92 Å². The Kier molecular flexibility index (Phi) is 41.6. The first-order valence-electron chi connectivity index (χ1n) is 33.2. The molecule has 0 aliphatic carbocycles. The Hall–Kier alpha value is -5.12. The smallest absolute Gasteiger partial charge is 0.102 e. The van der Waals surface area contributed by atoms with E-state index in [2.05, 4.69) is 431 Å². The van der Waals surface area contributed by atoms with Crippen molar-refractivity contribution >= 4 is 183 Å². The van der Waals surface area contributed by atoms with E-state index in [0.29, 0.717) is 38.0 Å². The molecule has 0 unspecified atom stereocenters. The van der Waals surface area contributed by atoms with E-state index in [9.17, 15) is 0 Å². The van der Waals surface area contributed by atoms with Crippen molar-refractivity contribution in [1.82, 2.24) is 0 Å². The predicted octanol–water partition coefficient (Wildman–Crippen LogP) is 21.7. The summed E-state index contributed by atoms with van der Waals surface area (Å²) in [6.45, 7) is 4.80. The summed E-state index contributed by atoms with van der Waals surface area (Å²) >= 11 is 1.71. The number of halogens is 6. The minimum Gasteiger partial charge on any atom is -0.293 e. The van der Waals surface area contributed by atoms with E-state index < -0.39 is 39.6 Å². The van der Waals surface area contributed by atoms with Crippen LogP contribution < -0.4 is 74.3 Å². The van der Waals surface area contributed by atoms with Crippen LogP contribution in [0.3, 0.4) is 0 Å². The number of rotatable bonds is 20. The van der Waals surface area contributed by atoms with Crippen LogP contribution in [0.25, 0.3) is 0 Å². The normalized spacial score (nSPS) is 10.6. The number of benzene rings is 14. The number of hydrogen-bond donors (Lipinski definition) is 0. The fourth-order valence-corrected chi connectivity index (χ4v) is 27.7. The minimum absolute atomic E-state index is 0.277. The molecule has 15 heteroatoms. The molecule has 0 aliphatic heterocycles. The van der Waals surface area contributed by atoms with E-state index in [4.69, 9.17) is 68.1 Å². The molecule has 0 fully saturated rings. The van der Waals surface area contributed by atoms with Crippen LogP contribution in [-0.4, -0.2) is 11.6 Å². The third kappa shape index (κ3) is 28.5. The van der Waals surface area contributed by atoms with Crippen molar-refractivity contribution in [2.24, 2.45) is 0 Å². The zero-order valence-corrected chi connectivity index (χ0v) is 69.8. The summed E-state index contributed by atoms with van der Waals surface area (Å²) in [5.74, 6) is 0. The van der Waals surface area contributed by atoms with Crippen LogP contribution in [0.15, 0.2) is 425 Å².